The third-order valence-corrected chi connectivity index (χ3v) is 8.37. The van der Waals surface area contributed by atoms with E-state index in [1.165, 1.54) is 10.6 Å². The van der Waals surface area contributed by atoms with Crippen LogP contribution in [0.2, 0.25) is 0 Å². The van der Waals surface area contributed by atoms with Gasteiger partial charge in [-0.1, -0.05) is 18.4 Å². The Morgan fingerprint density at radius 2 is 1.87 bits per heavy atom. The molecule has 2 aromatic rings. The number of likely N-dealkylation sites (tertiary alicyclic amines) is 2. The molecule has 3 amide bonds. The monoisotopic (exact) mass is 539 g/mol. The van der Waals surface area contributed by atoms with E-state index in [-0.39, 0.29) is 40.8 Å². The quantitative estimate of drug-likeness (QED) is 0.378. The minimum absolute atomic E-state index is 0.0361. The van der Waals surface area contributed by atoms with Gasteiger partial charge in [-0.2, -0.15) is 4.57 Å². The number of rotatable bonds is 6. The highest BCUT2D eigenvalue weighted by Gasteiger charge is 2.45. The van der Waals surface area contributed by atoms with Crippen LogP contribution in [0.4, 0.5) is 0 Å². The first-order valence-electron chi connectivity index (χ1n) is 14.0. The van der Waals surface area contributed by atoms with Gasteiger partial charge in [-0.15, -0.1) is 0 Å². The summed E-state index contributed by atoms with van der Waals surface area (Å²) in [5, 5.41) is 17.0. The van der Waals surface area contributed by atoms with Gasteiger partial charge >= 0.3 is 17.1 Å². The van der Waals surface area contributed by atoms with E-state index >= 15 is 0 Å². The number of hydrogen-bond acceptors (Lipinski definition) is 5. The molecule has 0 unspecified atom stereocenters. The minimum Gasteiger partial charge on any atom is -0.477 e. The summed E-state index contributed by atoms with van der Waals surface area (Å²) in [4.78, 5) is 55.4. The zero-order valence-electron chi connectivity index (χ0n) is 23.2. The van der Waals surface area contributed by atoms with Crippen LogP contribution in [0, 0.1) is 12.8 Å². The van der Waals surface area contributed by atoms with Gasteiger partial charge in [0.05, 0.1) is 17.8 Å². The molecule has 3 N–H and O–H groups in total. The second-order valence-electron chi connectivity index (χ2n) is 11.7. The number of aromatic hydroxyl groups is 1. The molecular weight excluding hydrogens is 500 g/mol. The van der Waals surface area contributed by atoms with Crippen molar-refractivity contribution in [3.63, 3.8) is 0 Å². The molecule has 210 valence electrons. The van der Waals surface area contributed by atoms with Crippen molar-refractivity contribution in [1.29, 1.82) is 0 Å². The van der Waals surface area contributed by atoms with Crippen molar-refractivity contribution in [3.8, 4) is 5.88 Å². The Morgan fingerprint density at radius 1 is 1.18 bits per heavy atom. The lowest BCUT2D eigenvalue weighted by Crippen LogP contribution is -2.54. The first-order valence-corrected chi connectivity index (χ1v) is 14.0. The van der Waals surface area contributed by atoms with Crippen LogP contribution >= 0.6 is 0 Å². The van der Waals surface area contributed by atoms with Gasteiger partial charge in [-0.25, -0.2) is 9.89 Å². The Morgan fingerprint density at radius 3 is 2.49 bits per heavy atom. The van der Waals surface area contributed by atoms with E-state index in [0.717, 1.165) is 38.5 Å². The number of aromatic amines is 1. The Kier molecular flexibility index (Phi) is 7.02. The number of nitrogens with one attached hydrogen (secondary N) is 2. The van der Waals surface area contributed by atoms with E-state index in [4.69, 9.17) is 0 Å². The van der Waals surface area contributed by atoms with Gasteiger partial charge in [0.1, 0.15) is 0 Å². The maximum absolute atomic E-state index is 13.5. The van der Waals surface area contributed by atoms with Gasteiger partial charge in [0.25, 0.3) is 5.91 Å². The largest absolute Gasteiger partial charge is 0.477 e. The summed E-state index contributed by atoms with van der Waals surface area (Å²) >= 11 is 0. The molecule has 0 atom stereocenters. The number of hydrogen-bond donors (Lipinski definition) is 3. The predicted octanol–water partition coefficient (Wildman–Crippen LogP) is 1.49. The van der Waals surface area contributed by atoms with Crippen LogP contribution in [0.3, 0.4) is 0 Å². The smallest absolute Gasteiger partial charge is 0.378 e. The molecule has 1 aliphatic carbocycles. The SMILES string of the molecule is CC(=O)N1CCC2(CCCN2C(=O)/C=C/c2c(C)[nH]n3c(=O)c(C(=O)NC4CC4)c(O)[n+](CC(C)C)c23)CC1. The number of carbonyl (C=O) groups excluding carboxylic acids is 3. The van der Waals surface area contributed by atoms with Crippen LogP contribution < -0.4 is 15.4 Å². The van der Waals surface area contributed by atoms with Gasteiger partial charge in [0.15, 0.2) is 0 Å². The van der Waals surface area contributed by atoms with Crippen molar-refractivity contribution in [2.45, 2.75) is 84.3 Å². The number of amides is 3. The fourth-order valence-corrected chi connectivity index (χ4v) is 6.13. The number of carbonyl (C=O) groups is 3. The summed E-state index contributed by atoms with van der Waals surface area (Å²) in [5.74, 6) is -0.883. The molecule has 3 aliphatic rings. The molecular formula is C28H39N6O5+. The third kappa shape index (κ3) is 4.94. The van der Waals surface area contributed by atoms with Crippen molar-refractivity contribution in [1.82, 2.24) is 24.7 Å². The van der Waals surface area contributed by atoms with Crippen LogP contribution in [0.25, 0.3) is 11.7 Å². The highest BCUT2D eigenvalue weighted by atomic mass is 16.3. The lowest BCUT2D eigenvalue weighted by atomic mass is 9.85. The zero-order chi connectivity index (χ0) is 28.1. The molecule has 4 heterocycles. The molecule has 0 bridgehead atoms. The number of aryl methyl sites for hydroxylation is 1. The molecule has 5 rings (SSSR count). The van der Waals surface area contributed by atoms with E-state index in [2.05, 4.69) is 10.4 Å². The van der Waals surface area contributed by atoms with Gasteiger partial charge in [0, 0.05) is 44.2 Å². The maximum Gasteiger partial charge on any atom is 0.378 e. The molecule has 2 aromatic heterocycles. The van der Waals surface area contributed by atoms with Crippen LogP contribution in [0.1, 0.15) is 80.9 Å². The Balaban J connectivity index is 1.49. The van der Waals surface area contributed by atoms with Crippen molar-refractivity contribution in [3.05, 3.63) is 33.3 Å². The molecule has 0 radical (unpaired) electrons. The number of nitrogens with zero attached hydrogens (tertiary/aromatic N) is 4. The second-order valence-corrected chi connectivity index (χ2v) is 11.7. The molecule has 2 aliphatic heterocycles. The van der Waals surface area contributed by atoms with Crippen LogP contribution in [-0.2, 0) is 16.1 Å². The molecule has 1 saturated carbocycles. The fraction of sp³-hybridized carbons (Fsp3) is 0.607. The van der Waals surface area contributed by atoms with Crippen LogP contribution in [0.5, 0.6) is 5.88 Å². The lowest BCUT2D eigenvalue weighted by molar-refractivity contribution is -0.686. The summed E-state index contributed by atoms with van der Waals surface area (Å²) in [6.07, 6.45) is 8.33. The zero-order valence-corrected chi connectivity index (χ0v) is 23.2. The molecule has 1 spiro atoms. The molecule has 11 heteroatoms. The van der Waals surface area contributed by atoms with Gasteiger partial charge in [-0.05, 0) is 57.4 Å². The van der Waals surface area contributed by atoms with E-state index < -0.39 is 11.5 Å². The number of piperidine rings is 1. The van der Waals surface area contributed by atoms with E-state index in [1.54, 1.807) is 24.5 Å². The van der Waals surface area contributed by atoms with Gasteiger partial charge < -0.3 is 20.2 Å². The Hall–Kier alpha value is -3.63. The maximum atomic E-state index is 13.5. The first kappa shape index (κ1) is 27.0. The molecule has 3 fully saturated rings. The molecule has 11 nitrogen and oxygen atoms in total. The van der Waals surface area contributed by atoms with Gasteiger partial charge in [-0.3, -0.25) is 14.4 Å². The minimum atomic E-state index is -0.634. The second kappa shape index (κ2) is 10.2. The van der Waals surface area contributed by atoms with Crippen LogP contribution in [0.15, 0.2) is 10.9 Å². The highest BCUT2D eigenvalue weighted by Crippen LogP contribution is 2.38. The summed E-state index contributed by atoms with van der Waals surface area (Å²) in [6.45, 7) is 9.69. The number of H-pyrrole nitrogens is 1. The standard InChI is InChI=1S/C28H38N6O5/c1-17(2)16-32-25-21(18(3)30-34(25)27(39)23(26(32)38)24(37)29-20-6-7-20)8-9-22(36)33-13-5-10-28(33)11-14-31(15-12-28)19(4)35/h8-9,17,20H,5-7,10-16H2,1-4H3,(H2,29,37,38,39)/p+1/b9-8+. The number of fused-ring (bicyclic) bond motifs is 1. The molecule has 39 heavy (non-hydrogen) atoms. The fourth-order valence-electron chi connectivity index (χ4n) is 6.13. The van der Waals surface area contributed by atoms with Crippen molar-refractivity contribution >= 4 is 29.4 Å². The first-order chi connectivity index (χ1) is 18.5. The van der Waals surface area contributed by atoms with E-state index in [1.807, 2.05) is 23.6 Å². The topological polar surface area (TPSA) is 131 Å². The average molecular weight is 540 g/mol. The van der Waals surface area contributed by atoms with Crippen molar-refractivity contribution in [2.75, 3.05) is 19.6 Å². The summed E-state index contributed by atoms with van der Waals surface area (Å²) in [5.41, 5.74) is 0.485. The Labute approximate surface area is 227 Å². The van der Waals surface area contributed by atoms with Crippen molar-refractivity contribution in [2.24, 2.45) is 5.92 Å². The number of aromatic nitrogens is 3. The summed E-state index contributed by atoms with van der Waals surface area (Å²) in [6, 6.07) is 0.0361. The normalized spacial score (nSPS) is 19.1. The molecule has 2 saturated heterocycles. The van der Waals surface area contributed by atoms with Crippen LogP contribution in [-0.4, -0.2) is 73.5 Å². The van der Waals surface area contributed by atoms with Gasteiger partial charge in [0.2, 0.25) is 17.4 Å². The van der Waals surface area contributed by atoms with Crippen molar-refractivity contribution < 1.29 is 24.1 Å². The third-order valence-electron chi connectivity index (χ3n) is 8.37. The Bertz CT molecular complexity index is 1410. The molecule has 0 aromatic carbocycles. The summed E-state index contributed by atoms with van der Waals surface area (Å²) < 4.78 is 2.87. The van der Waals surface area contributed by atoms with E-state index in [0.29, 0.717) is 43.1 Å². The predicted molar refractivity (Wildman–Crippen MR) is 144 cm³/mol. The van der Waals surface area contributed by atoms with E-state index in [9.17, 15) is 24.3 Å². The highest BCUT2D eigenvalue weighted by molar-refractivity contribution is 5.96. The summed E-state index contributed by atoms with van der Waals surface area (Å²) in [7, 11) is 0. The average Bonchev–Trinajstić information content (AvgIpc) is 3.50. The lowest BCUT2D eigenvalue weighted by Gasteiger charge is -2.44.